The summed E-state index contributed by atoms with van der Waals surface area (Å²) < 4.78 is 16.4. The van der Waals surface area contributed by atoms with Gasteiger partial charge in [0.2, 0.25) is 5.88 Å². The molecule has 3 aromatic rings. The average molecular weight is 365 g/mol. The van der Waals surface area contributed by atoms with Crippen LogP contribution in [0.3, 0.4) is 0 Å². The highest BCUT2D eigenvalue weighted by Crippen LogP contribution is 2.29. The number of benzene rings is 2. The molecule has 0 saturated carbocycles. The Morgan fingerprint density at radius 2 is 1.78 bits per heavy atom. The Kier molecular flexibility index (Phi) is 6.28. The van der Waals surface area contributed by atoms with Crippen LogP contribution in [-0.2, 0) is 13.0 Å². The van der Waals surface area contributed by atoms with Crippen molar-refractivity contribution < 1.29 is 19.3 Å². The van der Waals surface area contributed by atoms with E-state index >= 15 is 0 Å². The summed E-state index contributed by atoms with van der Waals surface area (Å²) in [6.07, 6.45) is 1.30. The highest BCUT2D eigenvalue weighted by Gasteiger charge is 2.14. The van der Waals surface area contributed by atoms with E-state index in [9.17, 15) is 5.11 Å². The van der Waals surface area contributed by atoms with Crippen LogP contribution in [-0.4, -0.2) is 24.3 Å². The predicted octanol–water partition coefficient (Wildman–Crippen LogP) is 3.95. The molecule has 140 valence electrons. The number of hydrogen-bond acceptors (Lipinski definition) is 5. The first kappa shape index (κ1) is 18.7. The van der Waals surface area contributed by atoms with Crippen LogP contribution in [0.4, 0.5) is 0 Å². The Balaban J connectivity index is 1.72. The summed E-state index contributed by atoms with van der Waals surface area (Å²) in [6, 6.07) is 19.1. The van der Waals surface area contributed by atoms with E-state index in [1.54, 1.807) is 32.5 Å². The summed E-state index contributed by atoms with van der Waals surface area (Å²) in [4.78, 5) is 4.14. The number of nitrogens with zero attached hydrogens (tertiary/aromatic N) is 1. The normalized spacial score (nSPS) is 11.7. The lowest BCUT2D eigenvalue weighted by molar-refractivity contribution is 0.176. The molecule has 5 heteroatoms. The van der Waals surface area contributed by atoms with E-state index < -0.39 is 6.10 Å². The first-order chi connectivity index (χ1) is 13.2. The quantitative estimate of drug-likeness (QED) is 0.655. The minimum absolute atomic E-state index is 0.389. The molecule has 5 nitrogen and oxygen atoms in total. The van der Waals surface area contributed by atoms with Gasteiger partial charge in [-0.25, -0.2) is 4.98 Å². The standard InChI is InChI=1S/C22H23NO4/c1-25-21-10-9-19(27-15-16-6-4-3-5-7-16)12-18(21)13-20(24)17-8-11-22(26-2)23-14-17/h3-12,14,20,24H,13,15H2,1-2H3. The number of aliphatic hydroxyl groups excluding tert-OH is 1. The minimum Gasteiger partial charge on any atom is -0.496 e. The van der Waals surface area contributed by atoms with E-state index in [4.69, 9.17) is 14.2 Å². The van der Waals surface area contributed by atoms with Gasteiger partial charge in [0.15, 0.2) is 0 Å². The number of rotatable bonds is 8. The van der Waals surface area contributed by atoms with Crippen LogP contribution in [0, 0.1) is 0 Å². The van der Waals surface area contributed by atoms with Crippen molar-refractivity contribution in [1.82, 2.24) is 4.98 Å². The lowest BCUT2D eigenvalue weighted by Crippen LogP contribution is -2.05. The van der Waals surface area contributed by atoms with Gasteiger partial charge in [-0.05, 0) is 35.4 Å². The molecule has 0 aliphatic rings. The molecule has 1 unspecified atom stereocenters. The molecule has 3 rings (SSSR count). The lowest BCUT2D eigenvalue weighted by atomic mass is 10.0. The largest absolute Gasteiger partial charge is 0.496 e. The maximum Gasteiger partial charge on any atom is 0.212 e. The number of aliphatic hydroxyl groups is 1. The van der Waals surface area contributed by atoms with Crippen LogP contribution in [0.25, 0.3) is 0 Å². The van der Waals surface area contributed by atoms with Gasteiger partial charge in [-0.15, -0.1) is 0 Å². The SMILES string of the molecule is COc1ccc(C(O)Cc2cc(OCc3ccccc3)ccc2OC)cn1. The van der Waals surface area contributed by atoms with Gasteiger partial charge < -0.3 is 19.3 Å². The van der Waals surface area contributed by atoms with Crippen molar-refractivity contribution in [2.75, 3.05) is 14.2 Å². The van der Waals surface area contributed by atoms with E-state index in [0.29, 0.717) is 30.2 Å². The van der Waals surface area contributed by atoms with Crippen molar-refractivity contribution in [3.05, 3.63) is 83.6 Å². The van der Waals surface area contributed by atoms with Gasteiger partial charge in [-0.3, -0.25) is 0 Å². The maximum absolute atomic E-state index is 10.6. The van der Waals surface area contributed by atoms with Crippen LogP contribution < -0.4 is 14.2 Å². The van der Waals surface area contributed by atoms with Crippen molar-refractivity contribution >= 4 is 0 Å². The summed E-state index contributed by atoms with van der Waals surface area (Å²) in [5.41, 5.74) is 2.68. The molecule has 0 amide bonds. The Morgan fingerprint density at radius 1 is 0.963 bits per heavy atom. The number of ether oxygens (including phenoxy) is 3. The van der Waals surface area contributed by atoms with Gasteiger partial charge in [0.1, 0.15) is 18.1 Å². The van der Waals surface area contributed by atoms with Gasteiger partial charge in [-0.1, -0.05) is 30.3 Å². The third-order valence-electron chi connectivity index (χ3n) is 4.27. The zero-order valence-electron chi connectivity index (χ0n) is 15.5. The van der Waals surface area contributed by atoms with Gasteiger partial charge >= 0.3 is 0 Å². The van der Waals surface area contributed by atoms with Crippen LogP contribution in [0.5, 0.6) is 17.4 Å². The molecular weight excluding hydrogens is 342 g/mol. The van der Waals surface area contributed by atoms with Crippen molar-refractivity contribution in [1.29, 1.82) is 0 Å². The first-order valence-electron chi connectivity index (χ1n) is 8.71. The molecule has 0 radical (unpaired) electrons. The molecule has 0 fully saturated rings. The molecule has 0 bridgehead atoms. The predicted molar refractivity (Wildman–Crippen MR) is 103 cm³/mol. The van der Waals surface area contributed by atoms with E-state index in [1.165, 1.54) is 0 Å². The third-order valence-corrected chi connectivity index (χ3v) is 4.27. The summed E-state index contributed by atoms with van der Waals surface area (Å²) in [6.45, 7) is 0.484. The molecule has 1 N–H and O–H groups in total. The van der Waals surface area contributed by atoms with E-state index in [2.05, 4.69) is 4.98 Å². The van der Waals surface area contributed by atoms with Crippen LogP contribution in [0.1, 0.15) is 22.8 Å². The molecule has 1 heterocycles. The summed E-state index contributed by atoms with van der Waals surface area (Å²) in [7, 11) is 3.18. The molecule has 1 atom stereocenters. The second-order valence-corrected chi connectivity index (χ2v) is 6.10. The fraction of sp³-hybridized carbons (Fsp3) is 0.227. The second-order valence-electron chi connectivity index (χ2n) is 6.10. The Labute approximate surface area is 159 Å². The molecular formula is C22H23NO4. The summed E-state index contributed by atoms with van der Waals surface area (Å²) in [5, 5.41) is 10.6. The molecule has 1 aromatic heterocycles. The van der Waals surface area contributed by atoms with E-state index in [1.807, 2.05) is 48.5 Å². The molecule has 0 saturated heterocycles. The van der Waals surface area contributed by atoms with Crippen molar-refractivity contribution in [3.63, 3.8) is 0 Å². The topological polar surface area (TPSA) is 60.8 Å². The van der Waals surface area contributed by atoms with Crippen molar-refractivity contribution in [3.8, 4) is 17.4 Å². The van der Waals surface area contributed by atoms with E-state index in [0.717, 1.165) is 16.9 Å². The molecule has 0 aliphatic heterocycles. The average Bonchev–Trinajstić information content (AvgIpc) is 2.73. The van der Waals surface area contributed by atoms with Crippen molar-refractivity contribution in [2.24, 2.45) is 0 Å². The Morgan fingerprint density at radius 3 is 2.44 bits per heavy atom. The van der Waals surface area contributed by atoms with Crippen LogP contribution in [0.2, 0.25) is 0 Å². The highest BCUT2D eigenvalue weighted by atomic mass is 16.5. The monoisotopic (exact) mass is 365 g/mol. The fourth-order valence-electron chi connectivity index (χ4n) is 2.78. The molecule has 0 aliphatic carbocycles. The van der Waals surface area contributed by atoms with Crippen LogP contribution in [0.15, 0.2) is 66.9 Å². The fourth-order valence-corrected chi connectivity index (χ4v) is 2.78. The number of pyridine rings is 1. The van der Waals surface area contributed by atoms with Gasteiger partial charge in [-0.2, -0.15) is 0 Å². The number of methoxy groups -OCH3 is 2. The van der Waals surface area contributed by atoms with E-state index in [-0.39, 0.29) is 0 Å². The molecule has 2 aromatic carbocycles. The smallest absolute Gasteiger partial charge is 0.212 e. The van der Waals surface area contributed by atoms with Gasteiger partial charge in [0, 0.05) is 24.2 Å². The van der Waals surface area contributed by atoms with Gasteiger partial charge in [0.25, 0.3) is 0 Å². The molecule has 27 heavy (non-hydrogen) atoms. The van der Waals surface area contributed by atoms with Gasteiger partial charge in [0.05, 0.1) is 20.3 Å². The number of hydrogen-bond donors (Lipinski definition) is 1. The maximum atomic E-state index is 10.6. The Hall–Kier alpha value is -3.05. The number of aromatic nitrogens is 1. The summed E-state index contributed by atoms with van der Waals surface area (Å²) in [5.74, 6) is 1.96. The first-order valence-corrected chi connectivity index (χ1v) is 8.71. The second kappa shape index (κ2) is 9.05. The summed E-state index contributed by atoms with van der Waals surface area (Å²) >= 11 is 0. The lowest BCUT2D eigenvalue weighted by Gasteiger charge is -2.15. The zero-order chi connectivity index (χ0) is 19.1. The Bertz CT molecular complexity index is 850. The zero-order valence-corrected chi connectivity index (χ0v) is 15.5. The third kappa shape index (κ3) is 4.99. The molecule has 0 spiro atoms. The minimum atomic E-state index is -0.707. The highest BCUT2D eigenvalue weighted by molar-refractivity contribution is 5.41. The van der Waals surface area contributed by atoms with Crippen LogP contribution >= 0.6 is 0 Å². The van der Waals surface area contributed by atoms with Crippen molar-refractivity contribution in [2.45, 2.75) is 19.1 Å².